The lowest BCUT2D eigenvalue weighted by molar-refractivity contribution is -0.136. The summed E-state index contributed by atoms with van der Waals surface area (Å²) in [7, 11) is 0. The molecule has 0 aliphatic carbocycles. The van der Waals surface area contributed by atoms with Crippen molar-refractivity contribution in [3.05, 3.63) is 45.8 Å². The van der Waals surface area contributed by atoms with Crippen LogP contribution < -0.4 is 5.73 Å². The van der Waals surface area contributed by atoms with Crippen LogP contribution in [-0.4, -0.2) is 34.3 Å². The van der Waals surface area contributed by atoms with Crippen LogP contribution in [0.25, 0.3) is 5.57 Å². The maximum atomic E-state index is 12.9. The van der Waals surface area contributed by atoms with Gasteiger partial charge in [-0.15, -0.1) is 11.3 Å². The molecule has 162 valence electrons. The number of hydrogen-bond acceptors (Lipinski definition) is 5. The molecular formula is C23H31N3O3S. The molecule has 0 radical (unpaired) electrons. The molecule has 2 amide bonds. The van der Waals surface area contributed by atoms with Crippen molar-refractivity contribution in [2.45, 2.75) is 59.9 Å². The Balaban J connectivity index is 1.81. The van der Waals surface area contributed by atoms with Gasteiger partial charge in [-0.2, -0.15) is 0 Å². The number of aryl methyl sites for hydroxylation is 1. The highest BCUT2D eigenvalue weighted by molar-refractivity contribution is 7.13. The van der Waals surface area contributed by atoms with Crippen molar-refractivity contribution in [1.29, 1.82) is 0 Å². The average molecular weight is 430 g/mol. The summed E-state index contributed by atoms with van der Waals surface area (Å²) in [6, 6.07) is -0.512. The Morgan fingerprint density at radius 3 is 2.67 bits per heavy atom. The molecule has 7 heteroatoms. The van der Waals surface area contributed by atoms with E-state index in [9.17, 15) is 9.59 Å². The van der Waals surface area contributed by atoms with Crippen LogP contribution in [0.5, 0.6) is 0 Å². The van der Waals surface area contributed by atoms with Crippen LogP contribution in [0.4, 0.5) is 0 Å². The molecule has 2 atom stereocenters. The number of nitrogens with two attached hydrogens (primary N) is 1. The lowest BCUT2D eigenvalue weighted by Gasteiger charge is -2.26. The minimum atomic E-state index is -0.512. The third-order valence-corrected chi connectivity index (χ3v) is 6.81. The van der Waals surface area contributed by atoms with Gasteiger partial charge in [0.1, 0.15) is 22.6 Å². The first-order chi connectivity index (χ1) is 14.0. The number of amides is 2. The third-order valence-electron chi connectivity index (χ3n) is 5.60. The van der Waals surface area contributed by atoms with Crippen LogP contribution in [-0.2, 0) is 20.7 Å². The van der Waals surface area contributed by atoms with E-state index in [0.29, 0.717) is 24.6 Å². The van der Waals surface area contributed by atoms with E-state index in [2.05, 4.69) is 39.3 Å². The average Bonchev–Trinajstić information content (AvgIpc) is 3.24. The number of allylic oxidation sites excluding steroid dienone is 4. The van der Waals surface area contributed by atoms with Gasteiger partial charge >= 0.3 is 0 Å². The van der Waals surface area contributed by atoms with Gasteiger partial charge in [0.2, 0.25) is 11.8 Å². The predicted octanol–water partition coefficient (Wildman–Crippen LogP) is 3.96. The van der Waals surface area contributed by atoms with Gasteiger partial charge in [0.15, 0.2) is 0 Å². The van der Waals surface area contributed by atoms with Gasteiger partial charge in [0.05, 0.1) is 17.0 Å². The molecule has 2 aliphatic heterocycles. The first-order valence-electron chi connectivity index (χ1n) is 10.4. The second-order valence-corrected chi connectivity index (χ2v) is 10.2. The SMILES string of the molecule is C=C1C=C(c2sc(CC(=O)N3C[C@H](CC)C[C@H]3C(N)=O)nc2C)C=C(C(C)(C)C)O1. The van der Waals surface area contributed by atoms with E-state index in [4.69, 9.17) is 10.5 Å². The first kappa shape index (κ1) is 22.3. The molecule has 0 saturated carbocycles. The number of ether oxygens (including phenoxy) is 1. The van der Waals surface area contributed by atoms with Crippen LogP contribution >= 0.6 is 11.3 Å². The zero-order valence-corrected chi connectivity index (χ0v) is 19.3. The maximum Gasteiger partial charge on any atom is 0.240 e. The summed E-state index contributed by atoms with van der Waals surface area (Å²) in [4.78, 5) is 32.0. The van der Waals surface area contributed by atoms with E-state index in [1.807, 2.05) is 19.1 Å². The second kappa shape index (κ2) is 8.38. The number of hydrogen-bond donors (Lipinski definition) is 1. The van der Waals surface area contributed by atoms with E-state index in [-0.39, 0.29) is 17.7 Å². The number of thiazole rings is 1. The monoisotopic (exact) mass is 429 g/mol. The Bertz CT molecular complexity index is 936. The van der Waals surface area contributed by atoms with Crippen LogP contribution in [0, 0.1) is 18.3 Å². The highest BCUT2D eigenvalue weighted by Gasteiger charge is 2.37. The molecular weight excluding hydrogens is 398 g/mol. The van der Waals surface area contributed by atoms with Gasteiger partial charge in [-0.05, 0) is 31.4 Å². The molecule has 30 heavy (non-hydrogen) atoms. The molecule has 0 spiro atoms. The standard InChI is InChI=1S/C23H31N3O3S/c1-7-15-9-17(22(24)28)26(12-15)20(27)11-19-25-14(3)21(30-19)16-8-13(2)29-18(10-16)23(4,5)6/h8,10,15,17H,2,7,9,11-12H2,1,3-6H3,(H2,24,28)/t15-,17+/m1/s1. The summed E-state index contributed by atoms with van der Waals surface area (Å²) in [5.74, 6) is 1.24. The fourth-order valence-corrected chi connectivity index (χ4v) is 4.89. The van der Waals surface area contributed by atoms with Crippen molar-refractivity contribution in [2.75, 3.05) is 6.54 Å². The molecule has 6 nitrogen and oxygen atoms in total. The maximum absolute atomic E-state index is 12.9. The van der Waals surface area contributed by atoms with Gasteiger partial charge in [-0.25, -0.2) is 4.98 Å². The van der Waals surface area contributed by atoms with Crippen LogP contribution in [0.15, 0.2) is 30.2 Å². The van der Waals surface area contributed by atoms with Crippen LogP contribution in [0.2, 0.25) is 0 Å². The quantitative estimate of drug-likeness (QED) is 0.768. The van der Waals surface area contributed by atoms with Gasteiger partial charge in [-0.3, -0.25) is 9.59 Å². The van der Waals surface area contributed by atoms with Gasteiger partial charge in [-0.1, -0.05) is 40.7 Å². The Labute approximate surface area is 182 Å². The number of likely N-dealkylation sites (tertiary alicyclic amines) is 1. The smallest absolute Gasteiger partial charge is 0.240 e. The molecule has 2 aliphatic rings. The molecule has 1 aromatic heterocycles. The van der Waals surface area contributed by atoms with Crippen molar-refractivity contribution in [3.63, 3.8) is 0 Å². The minimum absolute atomic E-state index is 0.0914. The number of primary amides is 1. The van der Waals surface area contributed by atoms with Gasteiger partial charge < -0.3 is 15.4 Å². The van der Waals surface area contributed by atoms with Crippen LogP contribution in [0.3, 0.4) is 0 Å². The van der Waals surface area contributed by atoms with Gasteiger partial charge in [0, 0.05) is 17.5 Å². The van der Waals surface area contributed by atoms with E-state index >= 15 is 0 Å². The predicted molar refractivity (Wildman–Crippen MR) is 119 cm³/mol. The number of nitrogens with zero attached hydrogens (tertiary/aromatic N) is 2. The molecule has 3 heterocycles. The fourth-order valence-electron chi connectivity index (χ4n) is 3.85. The fraction of sp³-hybridized carbons (Fsp3) is 0.522. The van der Waals surface area contributed by atoms with Crippen LogP contribution in [0.1, 0.15) is 56.1 Å². The van der Waals surface area contributed by atoms with Crippen molar-refractivity contribution in [3.8, 4) is 0 Å². The Kier molecular flexibility index (Phi) is 6.22. The summed E-state index contributed by atoms with van der Waals surface area (Å²) in [5, 5.41) is 0.736. The number of carbonyl (C=O) groups excluding carboxylic acids is 2. The summed E-state index contributed by atoms with van der Waals surface area (Å²) in [6.45, 7) is 14.8. The molecule has 0 bridgehead atoms. The first-order valence-corrected chi connectivity index (χ1v) is 11.2. The lowest BCUT2D eigenvalue weighted by Crippen LogP contribution is -2.44. The number of aromatic nitrogens is 1. The zero-order chi connectivity index (χ0) is 22.2. The number of carbonyl (C=O) groups is 2. The van der Waals surface area contributed by atoms with Crippen molar-refractivity contribution < 1.29 is 14.3 Å². The summed E-state index contributed by atoms with van der Waals surface area (Å²) < 4.78 is 5.81. The zero-order valence-electron chi connectivity index (χ0n) is 18.4. The van der Waals surface area contributed by atoms with E-state index in [1.54, 1.807) is 4.90 Å². The lowest BCUT2D eigenvalue weighted by atomic mass is 9.91. The van der Waals surface area contributed by atoms with Crippen molar-refractivity contribution >= 4 is 28.7 Å². The summed E-state index contributed by atoms with van der Waals surface area (Å²) >= 11 is 1.50. The molecule has 1 aromatic rings. The summed E-state index contributed by atoms with van der Waals surface area (Å²) in [6.07, 6.45) is 5.67. The highest BCUT2D eigenvalue weighted by atomic mass is 32.1. The molecule has 1 fully saturated rings. The summed E-state index contributed by atoms with van der Waals surface area (Å²) in [5.41, 5.74) is 7.26. The Hall–Kier alpha value is -2.41. The molecule has 3 rings (SSSR count). The Morgan fingerprint density at radius 1 is 1.37 bits per heavy atom. The van der Waals surface area contributed by atoms with Crippen molar-refractivity contribution in [1.82, 2.24) is 9.88 Å². The molecule has 0 unspecified atom stereocenters. The van der Waals surface area contributed by atoms with Crippen molar-refractivity contribution in [2.24, 2.45) is 17.1 Å². The molecule has 0 aromatic carbocycles. The van der Waals surface area contributed by atoms with E-state index in [1.165, 1.54) is 11.3 Å². The minimum Gasteiger partial charge on any atom is -0.462 e. The van der Waals surface area contributed by atoms with E-state index in [0.717, 1.165) is 33.3 Å². The third kappa shape index (κ3) is 4.67. The largest absolute Gasteiger partial charge is 0.462 e. The molecule has 1 saturated heterocycles. The topological polar surface area (TPSA) is 85.5 Å². The van der Waals surface area contributed by atoms with E-state index < -0.39 is 11.9 Å². The normalized spacial score (nSPS) is 21.9. The highest BCUT2D eigenvalue weighted by Crippen LogP contribution is 2.38. The Morgan fingerprint density at radius 2 is 2.07 bits per heavy atom. The molecule has 2 N–H and O–H groups in total. The second-order valence-electron chi connectivity index (χ2n) is 9.10. The van der Waals surface area contributed by atoms with Gasteiger partial charge in [0.25, 0.3) is 0 Å². The number of rotatable bonds is 5.